The van der Waals surface area contributed by atoms with Gasteiger partial charge in [0.2, 0.25) is 0 Å². The Morgan fingerprint density at radius 1 is 1.58 bits per heavy atom. The summed E-state index contributed by atoms with van der Waals surface area (Å²) < 4.78 is 4.95. The predicted octanol–water partition coefficient (Wildman–Crippen LogP) is 1.02. The molecule has 1 atom stereocenters. The Bertz CT molecular complexity index is 150. The summed E-state index contributed by atoms with van der Waals surface area (Å²) in [7, 11) is 0. The van der Waals surface area contributed by atoms with Gasteiger partial charge in [-0.25, -0.2) is 4.79 Å². The van der Waals surface area contributed by atoms with E-state index >= 15 is 0 Å². The van der Waals surface area contributed by atoms with E-state index in [0.717, 1.165) is 0 Å². The van der Waals surface area contributed by atoms with Crippen molar-refractivity contribution in [3.8, 4) is 0 Å². The van der Waals surface area contributed by atoms with E-state index in [1.165, 1.54) is 6.54 Å². The van der Waals surface area contributed by atoms with Gasteiger partial charge in [-0.05, 0) is 27.7 Å². The number of carbonyl (C=O) groups is 1. The first-order valence-electron chi connectivity index (χ1n) is 3.90. The fourth-order valence-corrected chi connectivity index (χ4v) is 0.507. The van der Waals surface area contributed by atoms with Crippen LogP contribution in [0.2, 0.25) is 0 Å². The van der Waals surface area contributed by atoms with Crippen molar-refractivity contribution < 1.29 is 9.53 Å². The van der Waals surface area contributed by atoms with Crippen LogP contribution in [0.1, 0.15) is 27.7 Å². The van der Waals surface area contributed by atoms with Gasteiger partial charge in [-0.15, -0.1) is 0 Å². The number of nitrogens with one attached hydrogen (secondary N) is 1. The Labute approximate surface area is 73.5 Å². The van der Waals surface area contributed by atoms with E-state index in [4.69, 9.17) is 10.5 Å². The summed E-state index contributed by atoms with van der Waals surface area (Å²) in [5.41, 5.74) is 4.92. The van der Waals surface area contributed by atoms with Gasteiger partial charge in [0.15, 0.2) is 0 Å². The van der Waals surface area contributed by atoms with E-state index in [1.54, 1.807) is 27.7 Å². The normalized spacial score (nSPS) is 13.8. The number of carbonyl (C=O) groups excluding carboxylic acids is 1. The molecule has 0 aliphatic heterocycles. The first-order valence-corrected chi connectivity index (χ1v) is 3.90. The molecule has 0 aliphatic rings. The molecule has 0 aromatic rings. The third kappa shape index (κ3) is 7.34. The summed E-state index contributed by atoms with van der Waals surface area (Å²) in [6.07, 6.45) is -0.472. The summed E-state index contributed by atoms with van der Waals surface area (Å²) in [5.74, 6) is 0. The van der Waals surface area contributed by atoms with Crippen molar-refractivity contribution in [2.24, 2.45) is 5.73 Å². The van der Waals surface area contributed by atoms with E-state index in [2.05, 4.69) is 5.32 Å². The van der Waals surface area contributed by atoms with Crippen molar-refractivity contribution in [2.45, 2.75) is 39.3 Å². The van der Waals surface area contributed by atoms with E-state index in [9.17, 15) is 4.79 Å². The minimum atomic E-state index is -0.472. The monoisotopic (exact) mass is 173 g/mol. The highest BCUT2D eigenvalue weighted by Gasteiger charge is 2.15. The molecule has 0 saturated heterocycles. The van der Waals surface area contributed by atoms with Crippen LogP contribution in [0.5, 0.6) is 0 Å². The number of hydrogen-bond acceptors (Lipinski definition) is 3. The van der Waals surface area contributed by atoms with Gasteiger partial charge < -0.3 is 15.8 Å². The minimum Gasteiger partial charge on any atom is -0.444 e. The SMILES string of the molecule is C[C@H](N)[CH]NC(=O)OC(C)(C)C. The second kappa shape index (κ2) is 4.30. The molecule has 4 heteroatoms. The topological polar surface area (TPSA) is 64.3 Å². The Hall–Kier alpha value is -0.770. The largest absolute Gasteiger partial charge is 0.444 e. The molecular formula is C8H17N2O2. The molecule has 0 bridgehead atoms. The van der Waals surface area contributed by atoms with E-state index < -0.39 is 11.7 Å². The van der Waals surface area contributed by atoms with Gasteiger partial charge >= 0.3 is 6.09 Å². The molecule has 4 nitrogen and oxygen atoms in total. The zero-order valence-electron chi connectivity index (χ0n) is 8.05. The maximum absolute atomic E-state index is 10.9. The maximum atomic E-state index is 10.9. The molecular weight excluding hydrogens is 156 g/mol. The summed E-state index contributed by atoms with van der Waals surface area (Å²) in [6, 6.07) is -0.169. The zero-order valence-corrected chi connectivity index (χ0v) is 8.05. The first-order chi connectivity index (χ1) is 5.31. The molecule has 0 rings (SSSR count). The molecule has 0 fully saturated rings. The van der Waals surface area contributed by atoms with Crippen LogP contribution in [0, 0.1) is 6.54 Å². The Kier molecular flexibility index (Phi) is 4.03. The molecule has 0 saturated carbocycles. The van der Waals surface area contributed by atoms with Crippen molar-refractivity contribution in [3.05, 3.63) is 6.54 Å². The lowest BCUT2D eigenvalue weighted by atomic mass is 10.2. The molecule has 71 valence electrons. The molecule has 0 unspecified atom stereocenters. The zero-order chi connectivity index (χ0) is 9.78. The fourth-order valence-electron chi connectivity index (χ4n) is 0.507. The average molecular weight is 173 g/mol. The molecule has 0 spiro atoms. The van der Waals surface area contributed by atoms with E-state index in [1.807, 2.05) is 0 Å². The number of amides is 1. The Morgan fingerprint density at radius 3 is 2.42 bits per heavy atom. The first kappa shape index (κ1) is 11.2. The van der Waals surface area contributed by atoms with Crippen LogP contribution in [-0.2, 0) is 4.74 Å². The molecule has 1 amide bonds. The van der Waals surface area contributed by atoms with Crippen LogP contribution in [-0.4, -0.2) is 17.7 Å². The van der Waals surface area contributed by atoms with Gasteiger partial charge in [-0.1, -0.05) is 0 Å². The van der Waals surface area contributed by atoms with Crippen molar-refractivity contribution in [2.75, 3.05) is 0 Å². The molecule has 12 heavy (non-hydrogen) atoms. The average Bonchev–Trinajstić information content (AvgIpc) is 1.79. The van der Waals surface area contributed by atoms with Gasteiger partial charge in [-0.2, -0.15) is 0 Å². The molecule has 0 heterocycles. The van der Waals surface area contributed by atoms with E-state index in [0.29, 0.717) is 0 Å². The molecule has 3 N–H and O–H groups in total. The second-order valence-corrected chi connectivity index (χ2v) is 3.67. The van der Waals surface area contributed by atoms with Gasteiger partial charge in [-0.3, -0.25) is 0 Å². The lowest BCUT2D eigenvalue weighted by Gasteiger charge is -2.19. The Morgan fingerprint density at radius 2 is 2.08 bits per heavy atom. The number of rotatable bonds is 2. The van der Waals surface area contributed by atoms with Crippen molar-refractivity contribution >= 4 is 6.09 Å². The van der Waals surface area contributed by atoms with Crippen molar-refractivity contribution in [1.29, 1.82) is 0 Å². The van der Waals surface area contributed by atoms with Gasteiger partial charge in [0.05, 0.1) is 6.54 Å². The van der Waals surface area contributed by atoms with Crippen LogP contribution in [0.25, 0.3) is 0 Å². The van der Waals surface area contributed by atoms with Gasteiger partial charge in [0, 0.05) is 6.04 Å². The van der Waals surface area contributed by atoms with Crippen molar-refractivity contribution in [1.82, 2.24) is 5.32 Å². The third-order valence-electron chi connectivity index (χ3n) is 0.863. The summed E-state index contributed by atoms with van der Waals surface area (Å²) in [5, 5.41) is 2.43. The number of ether oxygens (including phenoxy) is 1. The third-order valence-corrected chi connectivity index (χ3v) is 0.863. The molecule has 1 radical (unpaired) electrons. The van der Waals surface area contributed by atoms with Crippen LogP contribution >= 0.6 is 0 Å². The highest BCUT2D eigenvalue weighted by Crippen LogP contribution is 2.06. The standard InChI is InChI=1S/C8H17N2O2/c1-6(9)5-10-7(11)12-8(2,3)4/h5-6H,9H2,1-4H3,(H,10,11)/t6-/m0/s1. The maximum Gasteiger partial charge on any atom is 0.407 e. The highest BCUT2D eigenvalue weighted by molar-refractivity contribution is 5.68. The highest BCUT2D eigenvalue weighted by atomic mass is 16.6. The van der Waals surface area contributed by atoms with Gasteiger partial charge in [0.1, 0.15) is 5.60 Å². The fraction of sp³-hybridized carbons (Fsp3) is 0.750. The van der Waals surface area contributed by atoms with Gasteiger partial charge in [0.25, 0.3) is 0 Å². The number of alkyl carbamates (subject to hydrolysis) is 1. The minimum absolute atomic E-state index is 0.169. The van der Waals surface area contributed by atoms with Crippen LogP contribution in [0.3, 0.4) is 0 Å². The van der Waals surface area contributed by atoms with Crippen molar-refractivity contribution in [3.63, 3.8) is 0 Å². The summed E-state index contributed by atoms with van der Waals surface area (Å²) in [6.45, 7) is 8.65. The molecule has 0 aliphatic carbocycles. The van der Waals surface area contributed by atoms with Crippen LogP contribution < -0.4 is 11.1 Å². The second-order valence-electron chi connectivity index (χ2n) is 3.67. The smallest absolute Gasteiger partial charge is 0.407 e. The summed E-state index contributed by atoms with van der Waals surface area (Å²) >= 11 is 0. The van der Waals surface area contributed by atoms with Crippen LogP contribution in [0.15, 0.2) is 0 Å². The molecule has 0 aromatic carbocycles. The quantitative estimate of drug-likeness (QED) is 0.655. The number of nitrogens with two attached hydrogens (primary N) is 1. The Balaban J connectivity index is 3.61. The number of hydrogen-bond donors (Lipinski definition) is 2. The van der Waals surface area contributed by atoms with E-state index in [-0.39, 0.29) is 6.04 Å². The lowest BCUT2D eigenvalue weighted by molar-refractivity contribution is 0.0540. The predicted molar refractivity (Wildman–Crippen MR) is 47.3 cm³/mol. The summed E-state index contributed by atoms with van der Waals surface area (Å²) in [4.78, 5) is 10.9. The lowest BCUT2D eigenvalue weighted by Crippen LogP contribution is -2.35. The molecule has 0 aromatic heterocycles. The van der Waals surface area contributed by atoms with Crippen LogP contribution in [0.4, 0.5) is 4.79 Å².